The van der Waals surface area contributed by atoms with Crippen molar-refractivity contribution in [1.29, 1.82) is 0 Å². The maximum absolute atomic E-state index is 12.7. The monoisotopic (exact) mass is 365 g/mol. The minimum absolute atomic E-state index is 0.0102. The van der Waals surface area contributed by atoms with E-state index in [0.717, 1.165) is 12.1 Å². The third kappa shape index (κ3) is 6.39. The molecule has 0 aromatic heterocycles. The Morgan fingerprint density at radius 1 is 1.29 bits per heavy atom. The van der Waals surface area contributed by atoms with E-state index in [0.29, 0.717) is 12.0 Å². The summed E-state index contributed by atoms with van der Waals surface area (Å²) in [6.45, 7) is 5.22. The molecular formula is C16H19ClF3NO3. The summed E-state index contributed by atoms with van der Waals surface area (Å²) >= 11 is 5.68. The van der Waals surface area contributed by atoms with Crippen LogP contribution in [0.5, 0.6) is 0 Å². The molecule has 0 atom stereocenters. The van der Waals surface area contributed by atoms with Crippen LogP contribution < -0.4 is 4.90 Å². The van der Waals surface area contributed by atoms with E-state index in [1.807, 2.05) is 0 Å². The van der Waals surface area contributed by atoms with Crippen LogP contribution in [-0.4, -0.2) is 30.9 Å². The van der Waals surface area contributed by atoms with Gasteiger partial charge in [0, 0.05) is 12.2 Å². The van der Waals surface area contributed by atoms with Gasteiger partial charge < -0.3 is 14.4 Å². The minimum Gasteiger partial charge on any atom is -0.460 e. The normalized spacial score (nSPS) is 12.0. The summed E-state index contributed by atoms with van der Waals surface area (Å²) in [7, 11) is 0. The standard InChI is InChI=1S/C16H19ClF3NO3/c1-15(2,3)24-14(23)6-7-21(8-9-22)11-4-5-12(13(17)10-11)16(18,19)20/h4-5,9-10H,6-8H2,1-3H3. The van der Waals surface area contributed by atoms with Crippen molar-refractivity contribution in [2.24, 2.45) is 0 Å². The van der Waals surface area contributed by atoms with Crippen LogP contribution in [0.4, 0.5) is 18.9 Å². The Hall–Kier alpha value is -1.76. The van der Waals surface area contributed by atoms with E-state index in [2.05, 4.69) is 0 Å². The van der Waals surface area contributed by atoms with E-state index < -0.39 is 28.3 Å². The lowest BCUT2D eigenvalue weighted by Crippen LogP contribution is -2.31. The average molecular weight is 366 g/mol. The molecule has 0 bridgehead atoms. The zero-order chi connectivity index (χ0) is 18.5. The maximum atomic E-state index is 12.7. The molecule has 0 amide bonds. The van der Waals surface area contributed by atoms with Gasteiger partial charge in [0.05, 0.1) is 23.6 Å². The summed E-state index contributed by atoms with van der Waals surface area (Å²) in [5.74, 6) is -0.462. The number of alkyl halides is 3. The Bertz CT molecular complexity index is 597. The first-order valence-electron chi connectivity index (χ1n) is 7.21. The largest absolute Gasteiger partial charge is 0.460 e. The topological polar surface area (TPSA) is 46.6 Å². The van der Waals surface area contributed by atoms with Gasteiger partial charge in [-0.05, 0) is 39.0 Å². The highest BCUT2D eigenvalue weighted by atomic mass is 35.5. The molecule has 0 spiro atoms. The van der Waals surface area contributed by atoms with Crippen molar-refractivity contribution in [2.45, 2.75) is 39.0 Å². The van der Waals surface area contributed by atoms with Crippen LogP contribution >= 0.6 is 11.6 Å². The van der Waals surface area contributed by atoms with Crippen molar-refractivity contribution < 1.29 is 27.5 Å². The number of anilines is 1. The molecule has 134 valence electrons. The SMILES string of the molecule is CC(C)(C)OC(=O)CCN(CC=O)c1ccc(C(F)(F)F)c(Cl)c1. The van der Waals surface area contributed by atoms with E-state index >= 15 is 0 Å². The van der Waals surface area contributed by atoms with E-state index in [9.17, 15) is 22.8 Å². The number of hydrogen-bond acceptors (Lipinski definition) is 4. The number of esters is 1. The van der Waals surface area contributed by atoms with Crippen molar-refractivity contribution in [3.63, 3.8) is 0 Å². The van der Waals surface area contributed by atoms with Gasteiger partial charge in [-0.3, -0.25) is 4.79 Å². The fraction of sp³-hybridized carbons (Fsp3) is 0.500. The first-order chi connectivity index (χ1) is 10.9. The molecular weight excluding hydrogens is 347 g/mol. The number of benzene rings is 1. The quantitative estimate of drug-likeness (QED) is 0.562. The Kier molecular flexibility index (Phi) is 6.66. The van der Waals surface area contributed by atoms with Crippen molar-refractivity contribution in [3.05, 3.63) is 28.8 Å². The third-order valence-corrected chi connectivity index (χ3v) is 3.24. The summed E-state index contributed by atoms with van der Waals surface area (Å²) < 4.78 is 43.3. The molecule has 0 saturated carbocycles. The number of carbonyl (C=O) groups is 2. The molecule has 0 unspecified atom stereocenters. The number of hydrogen-bond donors (Lipinski definition) is 0. The summed E-state index contributed by atoms with van der Waals surface area (Å²) in [6, 6.07) is 3.19. The van der Waals surface area contributed by atoms with E-state index in [1.165, 1.54) is 11.0 Å². The van der Waals surface area contributed by atoms with Crippen LogP contribution in [-0.2, 0) is 20.5 Å². The van der Waals surface area contributed by atoms with Gasteiger partial charge >= 0.3 is 12.1 Å². The number of ether oxygens (including phenoxy) is 1. The van der Waals surface area contributed by atoms with Gasteiger partial charge in [0.25, 0.3) is 0 Å². The average Bonchev–Trinajstić information content (AvgIpc) is 2.40. The molecule has 1 aromatic rings. The van der Waals surface area contributed by atoms with Crippen molar-refractivity contribution in [1.82, 2.24) is 0 Å². The van der Waals surface area contributed by atoms with Gasteiger partial charge in [-0.1, -0.05) is 11.6 Å². The van der Waals surface area contributed by atoms with Crippen LogP contribution in [0, 0.1) is 0 Å². The van der Waals surface area contributed by atoms with Gasteiger partial charge in [-0.15, -0.1) is 0 Å². The van der Waals surface area contributed by atoms with Crippen molar-refractivity contribution in [3.8, 4) is 0 Å². The van der Waals surface area contributed by atoms with Crippen LogP contribution in [0.15, 0.2) is 18.2 Å². The molecule has 8 heteroatoms. The molecule has 0 aliphatic rings. The lowest BCUT2D eigenvalue weighted by atomic mass is 10.1. The first-order valence-corrected chi connectivity index (χ1v) is 7.59. The maximum Gasteiger partial charge on any atom is 0.417 e. The van der Waals surface area contributed by atoms with E-state index in [1.54, 1.807) is 20.8 Å². The zero-order valence-corrected chi connectivity index (χ0v) is 14.4. The lowest BCUT2D eigenvalue weighted by molar-refractivity contribution is -0.154. The fourth-order valence-electron chi connectivity index (χ4n) is 1.97. The second kappa shape index (κ2) is 7.88. The molecule has 0 heterocycles. The molecule has 0 radical (unpaired) electrons. The molecule has 0 aliphatic carbocycles. The zero-order valence-electron chi connectivity index (χ0n) is 13.6. The Morgan fingerprint density at radius 3 is 2.38 bits per heavy atom. The fourth-order valence-corrected chi connectivity index (χ4v) is 2.25. The van der Waals surface area contributed by atoms with Crippen molar-refractivity contribution >= 4 is 29.5 Å². The highest BCUT2D eigenvalue weighted by molar-refractivity contribution is 6.31. The number of aldehydes is 1. The van der Waals surface area contributed by atoms with Gasteiger partial charge in [0.2, 0.25) is 0 Å². The Labute approximate surface area is 143 Å². The number of nitrogens with zero attached hydrogens (tertiary/aromatic N) is 1. The lowest BCUT2D eigenvalue weighted by Gasteiger charge is -2.24. The summed E-state index contributed by atoms with van der Waals surface area (Å²) in [5.41, 5.74) is -1.26. The molecule has 0 saturated heterocycles. The molecule has 24 heavy (non-hydrogen) atoms. The summed E-state index contributed by atoms with van der Waals surface area (Å²) in [6.07, 6.45) is -3.97. The number of halogens is 4. The second-order valence-corrected chi connectivity index (χ2v) is 6.52. The van der Waals surface area contributed by atoms with Crippen LogP contribution in [0.1, 0.15) is 32.8 Å². The smallest absolute Gasteiger partial charge is 0.417 e. The molecule has 0 N–H and O–H groups in total. The minimum atomic E-state index is -4.55. The Morgan fingerprint density at radius 2 is 1.92 bits per heavy atom. The van der Waals surface area contributed by atoms with Crippen LogP contribution in [0.3, 0.4) is 0 Å². The molecule has 1 rings (SSSR count). The van der Waals surface area contributed by atoms with Gasteiger partial charge in [0.1, 0.15) is 11.9 Å². The van der Waals surface area contributed by atoms with Gasteiger partial charge in [0.15, 0.2) is 0 Å². The number of carbonyl (C=O) groups excluding carboxylic acids is 2. The highest BCUT2D eigenvalue weighted by Crippen LogP contribution is 2.36. The van der Waals surface area contributed by atoms with Crippen molar-refractivity contribution in [2.75, 3.05) is 18.0 Å². The molecule has 0 fully saturated rings. The second-order valence-electron chi connectivity index (χ2n) is 6.11. The molecule has 4 nitrogen and oxygen atoms in total. The highest BCUT2D eigenvalue weighted by Gasteiger charge is 2.33. The molecule has 1 aromatic carbocycles. The summed E-state index contributed by atoms with van der Waals surface area (Å²) in [4.78, 5) is 24.0. The number of rotatable bonds is 6. The molecule has 0 aliphatic heterocycles. The predicted molar refractivity (Wildman–Crippen MR) is 85.2 cm³/mol. The van der Waals surface area contributed by atoms with E-state index in [4.69, 9.17) is 16.3 Å². The van der Waals surface area contributed by atoms with E-state index in [-0.39, 0.29) is 19.5 Å². The first kappa shape index (κ1) is 20.3. The summed E-state index contributed by atoms with van der Waals surface area (Å²) in [5, 5.41) is -0.465. The Balaban J connectivity index is 2.87. The predicted octanol–water partition coefficient (Wildman–Crippen LogP) is 4.10. The van der Waals surface area contributed by atoms with Gasteiger partial charge in [-0.25, -0.2) is 0 Å². The van der Waals surface area contributed by atoms with Gasteiger partial charge in [-0.2, -0.15) is 13.2 Å². The van der Waals surface area contributed by atoms with Crippen LogP contribution in [0.2, 0.25) is 5.02 Å². The third-order valence-electron chi connectivity index (χ3n) is 2.92. The van der Waals surface area contributed by atoms with Crippen LogP contribution in [0.25, 0.3) is 0 Å².